The molecule has 4 heteroatoms. The van der Waals surface area contributed by atoms with Crippen LogP contribution in [0.4, 0.5) is 0 Å². The van der Waals surface area contributed by atoms with Crippen molar-refractivity contribution in [2.24, 2.45) is 0 Å². The first-order valence-corrected chi connectivity index (χ1v) is 6.26. The number of carbonyl (C=O) groups excluding carboxylic acids is 1. The van der Waals surface area contributed by atoms with Crippen LogP contribution in [0.2, 0.25) is 0 Å². The van der Waals surface area contributed by atoms with Gasteiger partial charge in [-0.05, 0) is 57.7 Å². The Labute approximate surface area is 109 Å². The first-order valence-electron chi connectivity index (χ1n) is 5.81. The fourth-order valence-corrected chi connectivity index (χ4v) is 1.62. The van der Waals surface area contributed by atoms with Gasteiger partial charge < -0.3 is 10.2 Å². The Morgan fingerprint density at radius 3 is 2.47 bits per heavy atom. The number of nitrogens with one attached hydrogen (secondary N) is 1. The summed E-state index contributed by atoms with van der Waals surface area (Å²) < 4.78 is 0. The van der Waals surface area contributed by atoms with E-state index in [1.807, 2.05) is 12.1 Å². The number of unbranched alkanes of at least 4 members (excludes halogenated alkanes) is 1. The zero-order chi connectivity index (χ0) is 12.7. The van der Waals surface area contributed by atoms with E-state index in [0.717, 1.165) is 30.8 Å². The first kappa shape index (κ1) is 14.1. The summed E-state index contributed by atoms with van der Waals surface area (Å²) in [6.07, 6.45) is 2.11. The summed E-state index contributed by atoms with van der Waals surface area (Å²) in [5.41, 5.74) is 0.690. The molecular formula is C13H20N2OS. The molecule has 0 heterocycles. The van der Waals surface area contributed by atoms with Crippen LogP contribution in [0, 0.1) is 0 Å². The van der Waals surface area contributed by atoms with Gasteiger partial charge in [-0.3, -0.25) is 4.79 Å². The minimum Gasteiger partial charge on any atom is -0.352 e. The molecule has 0 fully saturated rings. The smallest absolute Gasteiger partial charge is 0.251 e. The number of rotatable bonds is 6. The van der Waals surface area contributed by atoms with Crippen molar-refractivity contribution in [1.29, 1.82) is 0 Å². The third-order valence-electron chi connectivity index (χ3n) is 2.45. The van der Waals surface area contributed by atoms with Crippen LogP contribution in [0.5, 0.6) is 0 Å². The highest BCUT2D eigenvalue weighted by molar-refractivity contribution is 7.80. The van der Waals surface area contributed by atoms with Gasteiger partial charge in [-0.2, -0.15) is 0 Å². The Bertz CT molecular complexity index is 349. The molecule has 0 radical (unpaired) electrons. The van der Waals surface area contributed by atoms with Crippen molar-refractivity contribution in [1.82, 2.24) is 10.2 Å². The number of hydrogen-bond acceptors (Lipinski definition) is 3. The number of carbonyl (C=O) groups is 1. The van der Waals surface area contributed by atoms with E-state index in [-0.39, 0.29) is 5.91 Å². The van der Waals surface area contributed by atoms with Crippen LogP contribution in [0.3, 0.4) is 0 Å². The van der Waals surface area contributed by atoms with Crippen molar-refractivity contribution in [3.05, 3.63) is 29.8 Å². The Kier molecular flexibility index (Phi) is 6.08. The fourth-order valence-electron chi connectivity index (χ4n) is 1.47. The van der Waals surface area contributed by atoms with Crippen LogP contribution < -0.4 is 5.32 Å². The van der Waals surface area contributed by atoms with Gasteiger partial charge >= 0.3 is 0 Å². The van der Waals surface area contributed by atoms with Crippen molar-refractivity contribution >= 4 is 18.5 Å². The van der Waals surface area contributed by atoms with Gasteiger partial charge in [0, 0.05) is 17.0 Å². The molecule has 0 saturated heterocycles. The molecule has 0 aliphatic carbocycles. The molecule has 1 aromatic rings. The van der Waals surface area contributed by atoms with Crippen LogP contribution in [0.1, 0.15) is 23.2 Å². The molecule has 3 nitrogen and oxygen atoms in total. The molecule has 0 aliphatic heterocycles. The standard InChI is InChI=1S/C13H20N2OS/c1-15(2)10-4-3-9-14-13(16)11-5-7-12(17)8-6-11/h5-8,17H,3-4,9-10H2,1-2H3,(H,14,16). The molecule has 1 N–H and O–H groups in total. The molecule has 0 atom stereocenters. The van der Waals surface area contributed by atoms with E-state index in [2.05, 4.69) is 36.9 Å². The zero-order valence-corrected chi connectivity index (χ0v) is 11.3. The summed E-state index contributed by atoms with van der Waals surface area (Å²) in [4.78, 5) is 14.7. The minimum atomic E-state index is -0.0109. The molecule has 1 amide bonds. The lowest BCUT2D eigenvalue weighted by atomic mass is 10.2. The highest BCUT2D eigenvalue weighted by atomic mass is 32.1. The third kappa shape index (κ3) is 5.75. The second-order valence-electron chi connectivity index (χ2n) is 4.31. The zero-order valence-electron chi connectivity index (χ0n) is 10.4. The average Bonchev–Trinajstić information content (AvgIpc) is 2.29. The number of amides is 1. The quantitative estimate of drug-likeness (QED) is 0.600. The normalized spacial score (nSPS) is 10.6. The summed E-state index contributed by atoms with van der Waals surface area (Å²) in [6.45, 7) is 1.79. The Hall–Kier alpha value is -1.00. The summed E-state index contributed by atoms with van der Waals surface area (Å²) in [5.74, 6) is -0.0109. The third-order valence-corrected chi connectivity index (χ3v) is 2.75. The van der Waals surface area contributed by atoms with E-state index < -0.39 is 0 Å². The van der Waals surface area contributed by atoms with Crippen molar-refractivity contribution < 1.29 is 4.79 Å². The van der Waals surface area contributed by atoms with Gasteiger partial charge in [-0.25, -0.2) is 0 Å². The summed E-state index contributed by atoms with van der Waals surface area (Å²) in [5, 5.41) is 2.91. The number of thiol groups is 1. The fraction of sp³-hybridized carbons (Fsp3) is 0.462. The molecule has 1 aromatic carbocycles. The lowest BCUT2D eigenvalue weighted by Crippen LogP contribution is -2.25. The number of nitrogens with zero attached hydrogens (tertiary/aromatic N) is 1. The Morgan fingerprint density at radius 2 is 1.88 bits per heavy atom. The van der Waals surface area contributed by atoms with E-state index in [1.165, 1.54) is 0 Å². The lowest BCUT2D eigenvalue weighted by Gasteiger charge is -2.09. The van der Waals surface area contributed by atoms with Crippen LogP contribution in [0.25, 0.3) is 0 Å². The largest absolute Gasteiger partial charge is 0.352 e. The van der Waals surface area contributed by atoms with Gasteiger partial charge in [0.05, 0.1) is 0 Å². The molecule has 94 valence electrons. The summed E-state index contributed by atoms with van der Waals surface area (Å²) in [6, 6.07) is 7.23. The summed E-state index contributed by atoms with van der Waals surface area (Å²) >= 11 is 4.18. The van der Waals surface area contributed by atoms with Gasteiger partial charge in [0.15, 0.2) is 0 Å². The van der Waals surface area contributed by atoms with Gasteiger partial charge in [0.1, 0.15) is 0 Å². The monoisotopic (exact) mass is 252 g/mol. The maximum atomic E-state index is 11.7. The number of hydrogen-bond donors (Lipinski definition) is 2. The molecular weight excluding hydrogens is 232 g/mol. The Balaban J connectivity index is 2.23. The average molecular weight is 252 g/mol. The van der Waals surface area contributed by atoms with Crippen molar-refractivity contribution in [3.63, 3.8) is 0 Å². The van der Waals surface area contributed by atoms with E-state index in [4.69, 9.17) is 0 Å². The number of benzene rings is 1. The maximum Gasteiger partial charge on any atom is 0.251 e. The molecule has 0 aromatic heterocycles. The Morgan fingerprint density at radius 1 is 1.24 bits per heavy atom. The van der Waals surface area contributed by atoms with Crippen molar-refractivity contribution in [3.8, 4) is 0 Å². The van der Waals surface area contributed by atoms with E-state index in [9.17, 15) is 4.79 Å². The molecule has 0 unspecified atom stereocenters. The minimum absolute atomic E-state index is 0.0109. The van der Waals surface area contributed by atoms with Gasteiger partial charge in [-0.15, -0.1) is 12.6 Å². The van der Waals surface area contributed by atoms with Gasteiger partial charge in [0.2, 0.25) is 0 Å². The topological polar surface area (TPSA) is 32.3 Å². The first-order chi connectivity index (χ1) is 8.09. The van der Waals surface area contributed by atoms with Gasteiger partial charge in [0.25, 0.3) is 5.91 Å². The second-order valence-corrected chi connectivity index (χ2v) is 4.83. The van der Waals surface area contributed by atoms with Crippen LogP contribution in [-0.2, 0) is 0 Å². The van der Waals surface area contributed by atoms with Crippen LogP contribution in [0.15, 0.2) is 29.2 Å². The highest BCUT2D eigenvalue weighted by Gasteiger charge is 2.03. The second kappa shape index (κ2) is 7.35. The molecule has 0 saturated carbocycles. The predicted octanol–water partition coefficient (Wildman–Crippen LogP) is 2.05. The van der Waals surface area contributed by atoms with Gasteiger partial charge in [-0.1, -0.05) is 0 Å². The van der Waals surface area contributed by atoms with E-state index in [0.29, 0.717) is 5.56 Å². The van der Waals surface area contributed by atoms with Crippen LogP contribution >= 0.6 is 12.6 Å². The molecule has 1 rings (SSSR count). The van der Waals surface area contributed by atoms with E-state index in [1.54, 1.807) is 12.1 Å². The van der Waals surface area contributed by atoms with Crippen molar-refractivity contribution in [2.45, 2.75) is 17.7 Å². The maximum absolute atomic E-state index is 11.7. The molecule has 17 heavy (non-hydrogen) atoms. The lowest BCUT2D eigenvalue weighted by molar-refractivity contribution is 0.0952. The van der Waals surface area contributed by atoms with Crippen LogP contribution in [-0.4, -0.2) is 38.0 Å². The molecule has 0 spiro atoms. The highest BCUT2D eigenvalue weighted by Crippen LogP contribution is 2.07. The predicted molar refractivity (Wildman–Crippen MR) is 73.8 cm³/mol. The molecule has 0 aliphatic rings. The summed E-state index contributed by atoms with van der Waals surface area (Å²) in [7, 11) is 4.11. The van der Waals surface area contributed by atoms with Crippen molar-refractivity contribution in [2.75, 3.05) is 27.2 Å². The molecule has 0 bridgehead atoms. The van der Waals surface area contributed by atoms with E-state index >= 15 is 0 Å². The SMILES string of the molecule is CN(C)CCCCNC(=O)c1ccc(S)cc1.